The molecule has 0 bridgehead atoms. The average molecular weight is 424 g/mol. The van der Waals surface area contributed by atoms with Crippen molar-refractivity contribution >= 4 is 16.5 Å². The monoisotopic (exact) mass is 424 g/mol. The van der Waals surface area contributed by atoms with Gasteiger partial charge in [-0.1, -0.05) is 23.5 Å². The van der Waals surface area contributed by atoms with Crippen LogP contribution in [0.3, 0.4) is 0 Å². The molecular weight excluding hydrogens is 405 g/mol. The predicted molar refractivity (Wildman–Crippen MR) is 107 cm³/mol. The Labute approximate surface area is 170 Å². The van der Waals surface area contributed by atoms with Gasteiger partial charge in [0.2, 0.25) is 5.75 Å². The lowest BCUT2D eigenvalue weighted by Crippen LogP contribution is -2.03. The van der Waals surface area contributed by atoms with Gasteiger partial charge in [0.05, 0.1) is 37.5 Å². The second-order valence-electron chi connectivity index (χ2n) is 5.94. The molecule has 0 radical (unpaired) electrons. The molecule has 0 saturated heterocycles. The zero-order valence-electron chi connectivity index (χ0n) is 16.2. The molecule has 5 nitrogen and oxygen atoms in total. The van der Waals surface area contributed by atoms with Crippen molar-refractivity contribution in [3.63, 3.8) is 0 Å². The summed E-state index contributed by atoms with van der Waals surface area (Å²) >= 11 is 1.34. The summed E-state index contributed by atoms with van der Waals surface area (Å²) in [6.45, 7) is 0. The molecule has 0 spiro atoms. The highest BCUT2D eigenvalue weighted by Gasteiger charge is 2.30. The third-order valence-electron chi connectivity index (χ3n) is 4.25. The third kappa shape index (κ3) is 4.09. The fourth-order valence-electron chi connectivity index (χ4n) is 2.85. The third-order valence-corrected chi connectivity index (χ3v) is 5.38. The second-order valence-corrected chi connectivity index (χ2v) is 6.93. The van der Waals surface area contributed by atoms with E-state index >= 15 is 0 Å². The van der Waals surface area contributed by atoms with E-state index < -0.39 is 11.7 Å². The molecule has 3 rings (SSSR count). The van der Waals surface area contributed by atoms with Crippen LogP contribution in [0.4, 0.5) is 18.3 Å². The summed E-state index contributed by atoms with van der Waals surface area (Å²) in [6, 6.07) is 8.52. The Bertz CT molecular complexity index is 976. The van der Waals surface area contributed by atoms with Crippen molar-refractivity contribution in [2.24, 2.45) is 0 Å². The van der Waals surface area contributed by atoms with Gasteiger partial charge in [0.15, 0.2) is 16.6 Å². The van der Waals surface area contributed by atoms with Crippen LogP contribution in [0.15, 0.2) is 36.4 Å². The minimum Gasteiger partial charge on any atom is -0.493 e. The van der Waals surface area contributed by atoms with Gasteiger partial charge in [0.25, 0.3) is 0 Å². The molecular formula is C20H19F3N2O3S. The number of nitrogens with zero attached hydrogens (tertiary/aromatic N) is 1. The summed E-state index contributed by atoms with van der Waals surface area (Å²) in [7, 11) is 6.26. The van der Waals surface area contributed by atoms with E-state index in [0.717, 1.165) is 17.0 Å². The van der Waals surface area contributed by atoms with E-state index in [-0.39, 0.29) is 0 Å². The summed E-state index contributed by atoms with van der Waals surface area (Å²) in [5, 5.41) is 3.61. The van der Waals surface area contributed by atoms with Gasteiger partial charge in [0.1, 0.15) is 0 Å². The first kappa shape index (κ1) is 20.8. The second kappa shape index (κ2) is 8.20. The SMILES string of the molecule is CNc1nc(-c2cc(OC)c(OC)c(OC)c2)c(-c2ccc(C(F)(F)F)cc2)s1. The zero-order valence-corrected chi connectivity index (χ0v) is 17.0. The maximum absolute atomic E-state index is 12.9. The van der Waals surface area contributed by atoms with Crippen LogP contribution in [0.2, 0.25) is 0 Å². The maximum Gasteiger partial charge on any atom is 0.416 e. The summed E-state index contributed by atoms with van der Waals surface area (Å²) in [6.07, 6.45) is -4.39. The van der Waals surface area contributed by atoms with Crippen LogP contribution < -0.4 is 19.5 Å². The number of aromatic nitrogens is 1. The Morgan fingerprint density at radius 1 is 0.897 bits per heavy atom. The van der Waals surface area contributed by atoms with Gasteiger partial charge in [-0.2, -0.15) is 13.2 Å². The number of anilines is 1. The van der Waals surface area contributed by atoms with Crippen LogP contribution in [0.1, 0.15) is 5.56 Å². The number of benzene rings is 2. The summed E-state index contributed by atoms with van der Waals surface area (Å²) in [5.74, 6) is 1.36. The van der Waals surface area contributed by atoms with Crippen molar-refractivity contribution in [1.82, 2.24) is 4.98 Å². The Hall–Kier alpha value is -2.94. The summed E-state index contributed by atoms with van der Waals surface area (Å²) in [5.41, 5.74) is 1.21. The Kier molecular flexibility index (Phi) is 5.88. The van der Waals surface area contributed by atoms with Crippen LogP contribution in [0.25, 0.3) is 21.7 Å². The average Bonchev–Trinajstić information content (AvgIpc) is 3.16. The molecule has 1 heterocycles. The molecule has 3 aromatic rings. The van der Waals surface area contributed by atoms with E-state index in [4.69, 9.17) is 14.2 Å². The van der Waals surface area contributed by atoms with Crippen molar-refractivity contribution in [2.45, 2.75) is 6.18 Å². The smallest absolute Gasteiger partial charge is 0.416 e. The number of hydrogen-bond acceptors (Lipinski definition) is 6. The van der Waals surface area contributed by atoms with E-state index in [0.29, 0.717) is 39.2 Å². The van der Waals surface area contributed by atoms with Crippen LogP contribution in [-0.2, 0) is 6.18 Å². The molecule has 0 atom stereocenters. The van der Waals surface area contributed by atoms with E-state index in [1.54, 1.807) is 19.2 Å². The van der Waals surface area contributed by atoms with Crippen LogP contribution in [0.5, 0.6) is 17.2 Å². The first-order valence-corrected chi connectivity index (χ1v) is 9.30. The number of hydrogen-bond donors (Lipinski definition) is 1. The molecule has 2 aromatic carbocycles. The van der Waals surface area contributed by atoms with Gasteiger partial charge in [-0.15, -0.1) is 0 Å². The molecule has 154 valence electrons. The first-order chi connectivity index (χ1) is 13.8. The molecule has 0 unspecified atom stereocenters. The van der Waals surface area contributed by atoms with Crippen LogP contribution >= 0.6 is 11.3 Å². The lowest BCUT2D eigenvalue weighted by Gasteiger charge is -2.14. The van der Waals surface area contributed by atoms with Crippen molar-refractivity contribution in [1.29, 1.82) is 0 Å². The number of nitrogens with one attached hydrogen (secondary N) is 1. The fraction of sp³-hybridized carbons (Fsp3) is 0.250. The molecule has 0 aliphatic heterocycles. The predicted octanol–water partition coefficient (Wildman–Crippen LogP) is 5.56. The molecule has 9 heteroatoms. The van der Waals surface area contributed by atoms with Gasteiger partial charge in [-0.05, 0) is 29.8 Å². The van der Waals surface area contributed by atoms with Crippen molar-refractivity contribution in [3.05, 3.63) is 42.0 Å². The molecule has 29 heavy (non-hydrogen) atoms. The maximum atomic E-state index is 12.9. The standard InChI is InChI=1S/C20H19F3N2O3S/c1-24-19-25-16(12-9-14(26-2)17(28-4)15(10-12)27-3)18(29-19)11-5-7-13(8-6-11)20(21,22)23/h5-10H,1-4H3,(H,24,25). The van der Waals surface area contributed by atoms with Gasteiger partial charge in [-0.3, -0.25) is 0 Å². The molecule has 0 aliphatic rings. The van der Waals surface area contributed by atoms with E-state index in [2.05, 4.69) is 10.3 Å². The topological polar surface area (TPSA) is 52.6 Å². The molecule has 0 saturated carbocycles. The van der Waals surface area contributed by atoms with E-state index in [9.17, 15) is 13.2 Å². The van der Waals surface area contributed by atoms with Crippen LogP contribution in [0, 0.1) is 0 Å². The van der Waals surface area contributed by atoms with Crippen LogP contribution in [-0.4, -0.2) is 33.4 Å². The highest BCUT2D eigenvalue weighted by molar-refractivity contribution is 7.19. The lowest BCUT2D eigenvalue weighted by atomic mass is 10.0. The Morgan fingerprint density at radius 3 is 1.93 bits per heavy atom. The molecule has 0 aliphatic carbocycles. The number of methoxy groups -OCH3 is 3. The Morgan fingerprint density at radius 2 is 1.48 bits per heavy atom. The van der Waals surface area contributed by atoms with Gasteiger partial charge in [-0.25, -0.2) is 4.98 Å². The van der Waals surface area contributed by atoms with Gasteiger partial charge >= 0.3 is 6.18 Å². The molecule has 0 amide bonds. The molecule has 0 fully saturated rings. The number of rotatable bonds is 6. The minimum atomic E-state index is -4.39. The van der Waals surface area contributed by atoms with Crippen molar-refractivity contribution in [2.75, 3.05) is 33.7 Å². The van der Waals surface area contributed by atoms with Gasteiger partial charge < -0.3 is 19.5 Å². The minimum absolute atomic E-state index is 0.443. The molecule has 1 N–H and O–H groups in total. The lowest BCUT2D eigenvalue weighted by molar-refractivity contribution is -0.137. The zero-order chi connectivity index (χ0) is 21.2. The highest BCUT2D eigenvalue weighted by Crippen LogP contribution is 2.45. The quantitative estimate of drug-likeness (QED) is 0.561. The highest BCUT2D eigenvalue weighted by atomic mass is 32.1. The Balaban J connectivity index is 2.16. The first-order valence-electron chi connectivity index (χ1n) is 8.49. The fourth-order valence-corrected chi connectivity index (χ4v) is 3.79. The van der Waals surface area contributed by atoms with Crippen molar-refractivity contribution < 1.29 is 27.4 Å². The normalized spacial score (nSPS) is 11.3. The number of ether oxygens (including phenoxy) is 3. The van der Waals surface area contributed by atoms with Crippen molar-refractivity contribution in [3.8, 4) is 38.9 Å². The number of thiazole rings is 1. The number of alkyl halides is 3. The van der Waals surface area contributed by atoms with E-state index in [1.807, 2.05) is 0 Å². The van der Waals surface area contributed by atoms with Gasteiger partial charge in [0, 0.05) is 12.6 Å². The largest absolute Gasteiger partial charge is 0.493 e. The van der Waals surface area contributed by atoms with E-state index in [1.165, 1.54) is 44.8 Å². The summed E-state index contributed by atoms with van der Waals surface area (Å²) in [4.78, 5) is 5.31. The molecule has 1 aromatic heterocycles. The summed E-state index contributed by atoms with van der Waals surface area (Å²) < 4.78 is 54.9. The number of halogens is 3.